The van der Waals surface area contributed by atoms with Crippen LogP contribution in [0.3, 0.4) is 0 Å². The lowest BCUT2D eigenvalue weighted by Crippen LogP contribution is -2.17. The van der Waals surface area contributed by atoms with Crippen molar-refractivity contribution in [3.63, 3.8) is 0 Å². The first-order valence-corrected chi connectivity index (χ1v) is 3.78. The summed E-state index contributed by atoms with van der Waals surface area (Å²) in [5.41, 5.74) is 5.51. The van der Waals surface area contributed by atoms with Gasteiger partial charge >= 0.3 is 0 Å². The Balaban J connectivity index is 3.34. The minimum atomic E-state index is -0.0222. The molecule has 2 atom stereocenters. The zero-order valence-electron chi connectivity index (χ0n) is 6.71. The summed E-state index contributed by atoms with van der Waals surface area (Å²) in [4.78, 5) is 10.1. The van der Waals surface area contributed by atoms with Crippen LogP contribution in [0.5, 0.6) is 0 Å². The van der Waals surface area contributed by atoms with E-state index in [1.165, 1.54) is 0 Å². The predicted molar refractivity (Wildman–Crippen MR) is 42.8 cm³/mol. The van der Waals surface area contributed by atoms with Gasteiger partial charge in [0.1, 0.15) is 0 Å². The molecular weight excluding hydrogens is 128 g/mol. The van der Waals surface area contributed by atoms with Gasteiger partial charge in [0, 0.05) is 6.04 Å². The van der Waals surface area contributed by atoms with Gasteiger partial charge in [-0.2, -0.15) is 4.91 Å². The average Bonchev–Trinajstić information content (AvgIpc) is 1.90. The molecule has 0 aliphatic heterocycles. The average molecular weight is 144 g/mol. The van der Waals surface area contributed by atoms with Crippen LogP contribution >= 0.6 is 0 Å². The van der Waals surface area contributed by atoms with E-state index in [4.69, 9.17) is 5.73 Å². The molecule has 0 aliphatic rings. The van der Waals surface area contributed by atoms with Crippen molar-refractivity contribution >= 4 is 0 Å². The highest BCUT2D eigenvalue weighted by Crippen LogP contribution is 2.06. The van der Waals surface area contributed by atoms with E-state index in [2.05, 4.69) is 5.18 Å². The molecule has 60 valence electrons. The van der Waals surface area contributed by atoms with Crippen molar-refractivity contribution < 1.29 is 0 Å². The number of nitrogens with two attached hydrogens (primary N) is 1. The maximum atomic E-state index is 10.1. The third-order valence-electron chi connectivity index (χ3n) is 1.58. The van der Waals surface area contributed by atoms with E-state index in [0.717, 1.165) is 19.3 Å². The zero-order chi connectivity index (χ0) is 7.98. The Morgan fingerprint density at radius 2 is 2.10 bits per heavy atom. The van der Waals surface area contributed by atoms with Crippen LogP contribution in [0.4, 0.5) is 0 Å². The van der Waals surface area contributed by atoms with Crippen molar-refractivity contribution in [1.29, 1.82) is 0 Å². The highest BCUT2D eigenvalue weighted by molar-refractivity contribution is 4.65. The van der Waals surface area contributed by atoms with Crippen LogP contribution in [-0.4, -0.2) is 12.1 Å². The van der Waals surface area contributed by atoms with Crippen molar-refractivity contribution in [2.24, 2.45) is 10.9 Å². The van der Waals surface area contributed by atoms with Crippen molar-refractivity contribution in [2.75, 3.05) is 0 Å². The molecule has 0 aromatic carbocycles. The highest BCUT2D eigenvalue weighted by Gasteiger charge is 2.05. The second-order valence-electron chi connectivity index (χ2n) is 2.72. The number of rotatable bonds is 5. The van der Waals surface area contributed by atoms with E-state index in [1.807, 2.05) is 13.8 Å². The number of nitrogens with zero attached hydrogens (tertiary/aromatic N) is 1. The molecule has 0 spiro atoms. The van der Waals surface area contributed by atoms with E-state index in [-0.39, 0.29) is 12.1 Å². The van der Waals surface area contributed by atoms with Gasteiger partial charge in [0.15, 0.2) is 0 Å². The van der Waals surface area contributed by atoms with E-state index in [1.54, 1.807) is 0 Å². The lowest BCUT2D eigenvalue weighted by molar-refractivity contribution is 0.527. The first kappa shape index (κ1) is 9.56. The summed E-state index contributed by atoms with van der Waals surface area (Å²) < 4.78 is 0. The van der Waals surface area contributed by atoms with Crippen LogP contribution in [0.2, 0.25) is 0 Å². The molecule has 10 heavy (non-hydrogen) atoms. The fraction of sp³-hybridized carbons (Fsp3) is 1.00. The van der Waals surface area contributed by atoms with Crippen LogP contribution in [0.1, 0.15) is 33.1 Å². The summed E-state index contributed by atoms with van der Waals surface area (Å²) in [7, 11) is 0. The van der Waals surface area contributed by atoms with Crippen LogP contribution < -0.4 is 5.73 Å². The maximum Gasteiger partial charge on any atom is 0.0917 e. The van der Waals surface area contributed by atoms with Gasteiger partial charge in [0.05, 0.1) is 6.04 Å². The molecule has 0 radical (unpaired) electrons. The van der Waals surface area contributed by atoms with Crippen LogP contribution in [0, 0.1) is 4.91 Å². The van der Waals surface area contributed by atoms with Gasteiger partial charge in [-0.25, -0.2) is 0 Å². The Morgan fingerprint density at radius 1 is 1.50 bits per heavy atom. The smallest absolute Gasteiger partial charge is 0.0917 e. The SMILES string of the molecule is CCC(CCC(C)N)N=O. The first-order valence-electron chi connectivity index (χ1n) is 3.78. The zero-order valence-corrected chi connectivity index (χ0v) is 6.71. The van der Waals surface area contributed by atoms with Crippen molar-refractivity contribution in [3.8, 4) is 0 Å². The largest absolute Gasteiger partial charge is 0.328 e. The Hall–Kier alpha value is -0.440. The molecule has 0 bridgehead atoms. The molecule has 0 aromatic heterocycles. The summed E-state index contributed by atoms with van der Waals surface area (Å²) in [6.45, 7) is 3.91. The summed E-state index contributed by atoms with van der Waals surface area (Å²) in [5, 5.41) is 2.97. The molecule has 0 rings (SSSR count). The van der Waals surface area contributed by atoms with Crippen LogP contribution in [0.15, 0.2) is 5.18 Å². The second-order valence-corrected chi connectivity index (χ2v) is 2.72. The van der Waals surface area contributed by atoms with Gasteiger partial charge in [-0.05, 0) is 26.2 Å². The summed E-state index contributed by atoms with van der Waals surface area (Å²) >= 11 is 0. The molecule has 0 aliphatic carbocycles. The third kappa shape index (κ3) is 4.44. The lowest BCUT2D eigenvalue weighted by Gasteiger charge is -2.07. The maximum absolute atomic E-state index is 10.1. The van der Waals surface area contributed by atoms with Gasteiger partial charge in [0.25, 0.3) is 0 Å². The Kier molecular flexibility index (Phi) is 5.12. The van der Waals surface area contributed by atoms with E-state index in [9.17, 15) is 4.91 Å². The molecule has 0 heterocycles. The van der Waals surface area contributed by atoms with Gasteiger partial charge in [-0.15, -0.1) is 0 Å². The lowest BCUT2D eigenvalue weighted by atomic mass is 10.1. The molecule has 2 unspecified atom stereocenters. The van der Waals surface area contributed by atoms with Gasteiger partial charge in [-0.3, -0.25) is 0 Å². The van der Waals surface area contributed by atoms with Gasteiger partial charge in [0.2, 0.25) is 0 Å². The number of hydrogen-bond acceptors (Lipinski definition) is 3. The van der Waals surface area contributed by atoms with E-state index >= 15 is 0 Å². The van der Waals surface area contributed by atoms with Crippen molar-refractivity contribution in [3.05, 3.63) is 4.91 Å². The topological polar surface area (TPSA) is 55.4 Å². The van der Waals surface area contributed by atoms with Crippen molar-refractivity contribution in [1.82, 2.24) is 0 Å². The monoisotopic (exact) mass is 144 g/mol. The molecule has 2 N–H and O–H groups in total. The molecule has 0 aromatic rings. The second kappa shape index (κ2) is 5.35. The molecule has 0 amide bonds. The first-order chi connectivity index (χ1) is 4.70. The fourth-order valence-corrected chi connectivity index (χ4v) is 0.787. The highest BCUT2D eigenvalue weighted by atomic mass is 16.3. The fourth-order valence-electron chi connectivity index (χ4n) is 0.787. The molecule has 0 fully saturated rings. The van der Waals surface area contributed by atoms with Gasteiger partial charge in [-0.1, -0.05) is 12.1 Å². The van der Waals surface area contributed by atoms with E-state index < -0.39 is 0 Å². The number of nitroso groups, excluding NO2 is 1. The minimum absolute atomic E-state index is 0.0222. The minimum Gasteiger partial charge on any atom is -0.328 e. The Labute approximate surface area is 62.0 Å². The normalized spacial score (nSPS) is 16.3. The summed E-state index contributed by atoms with van der Waals surface area (Å²) in [6, 6.07) is 0.168. The Morgan fingerprint density at radius 3 is 2.40 bits per heavy atom. The quantitative estimate of drug-likeness (QED) is 0.596. The third-order valence-corrected chi connectivity index (χ3v) is 1.58. The molecule has 0 saturated carbocycles. The Bertz CT molecular complexity index is 93.6. The molecular formula is C7H16N2O. The number of hydrogen-bond donors (Lipinski definition) is 1. The van der Waals surface area contributed by atoms with E-state index in [0.29, 0.717) is 0 Å². The van der Waals surface area contributed by atoms with Crippen molar-refractivity contribution in [2.45, 2.75) is 45.2 Å². The summed E-state index contributed by atoms with van der Waals surface area (Å²) in [6.07, 6.45) is 2.55. The molecule has 3 nitrogen and oxygen atoms in total. The predicted octanol–water partition coefficient (Wildman–Crippen LogP) is 1.66. The standard InChI is InChI=1S/C7H16N2O/c1-3-7(9-10)5-4-6(2)8/h6-7H,3-5,8H2,1-2H3. The summed E-state index contributed by atoms with van der Waals surface area (Å²) in [5.74, 6) is 0. The van der Waals surface area contributed by atoms with Crippen LogP contribution in [-0.2, 0) is 0 Å². The molecule has 3 heteroatoms. The van der Waals surface area contributed by atoms with Gasteiger partial charge < -0.3 is 5.73 Å². The van der Waals surface area contributed by atoms with Crippen LogP contribution in [0.25, 0.3) is 0 Å². The molecule has 0 saturated heterocycles.